The van der Waals surface area contributed by atoms with Gasteiger partial charge in [-0.25, -0.2) is 0 Å². The number of phenolic OH excluding ortho intramolecular Hbond substituents is 1. The summed E-state index contributed by atoms with van der Waals surface area (Å²) in [5.41, 5.74) is 6.02. The van der Waals surface area contributed by atoms with Gasteiger partial charge in [0.2, 0.25) is 0 Å². The maximum Gasteiger partial charge on any atom is 0.176 e. The molecule has 0 unspecified atom stereocenters. The first-order chi connectivity index (χ1) is 14.5. The van der Waals surface area contributed by atoms with E-state index in [4.69, 9.17) is 16.3 Å². The lowest BCUT2D eigenvalue weighted by atomic mass is 9.96. The van der Waals surface area contributed by atoms with E-state index in [2.05, 4.69) is 66.4 Å². The second-order valence-electron chi connectivity index (χ2n) is 7.45. The van der Waals surface area contributed by atoms with Gasteiger partial charge in [0.1, 0.15) is 0 Å². The van der Waals surface area contributed by atoms with Crippen molar-refractivity contribution in [2.45, 2.75) is 6.54 Å². The second kappa shape index (κ2) is 8.34. The van der Waals surface area contributed by atoms with Crippen molar-refractivity contribution in [3.63, 3.8) is 0 Å². The summed E-state index contributed by atoms with van der Waals surface area (Å²) >= 11 is 6.21. The van der Waals surface area contributed by atoms with Gasteiger partial charge in [-0.3, -0.25) is 4.98 Å². The molecule has 3 aromatic carbocycles. The first-order valence-electron chi connectivity index (χ1n) is 9.57. The fraction of sp³-hybridized carbons (Fsp3) is 0.160. The zero-order valence-corrected chi connectivity index (χ0v) is 17.9. The van der Waals surface area contributed by atoms with Gasteiger partial charge in [0.25, 0.3) is 0 Å². The number of fused-ring (bicyclic) bond motifs is 1. The molecule has 4 nitrogen and oxygen atoms in total. The summed E-state index contributed by atoms with van der Waals surface area (Å²) in [5, 5.41) is 11.3. The number of aromatic hydroxyl groups is 1. The summed E-state index contributed by atoms with van der Waals surface area (Å²) in [6.07, 6.45) is 1.65. The van der Waals surface area contributed by atoms with Gasteiger partial charge in [-0.15, -0.1) is 0 Å². The minimum absolute atomic E-state index is 0.0696. The van der Waals surface area contributed by atoms with E-state index >= 15 is 0 Å². The van der Waals surface area contributed by atoms with Crippen LogP contribution < -0.4 is 4.74 Å². The number of pyridine rings is 1. The molecule has 151 valence electrons. The molecule has 0 aliphatic carbocycles. The van der Waals surface area contributed by atoms with Crippen molar-refractivity contribution in [1.29, 1.82) is 0 Å². The molecule has 1 N–H and O–H groups in total. The highest BCUT2D eigenvalue weighted by Gasteiger charge is 2.13. The predicted molar refractivity (Wildman–Crippen MR) is 122 cm³/mol. The Hall–Kier alpha value is -3.08. The number of hydrogen-bond acceptors (Lipinski definition) is 4. The highest BCUT2D eigenvalue weighted by atomic mass is 35.5. The molecule has 0 atom stereocenters. The van der Waals surface area contributed by atoms with Crippen LogP contribution in [0.4, 0.5) is 0 Å². The van der Waals surface area contributed by atoms with Crippen LogP contribution >= 0.6 is 11.6 Å². The summed E-state index contributed by atoms with van der Waals surface area (Å²) in [6.45, 7) is 0.907. The van der Waals surface area contributed by atoms with Crippen LogP contribution in [0.5, 0.6) is 11.5 Å². The Morgan fingerprint density at radius 2 is 1.73 bits per heavy atom. The Labute approximate surface area is 181 Å². The van der Waals surface area contributed by atoms with Crippen LogP contribution in [0, 0.1) is 6.07 Å². The van der Waals surface area contributed by atoms with Gasteiger partial charge in [-0.2, -0.15) is 0 Å². The molecular weight excluding hydrogens is 396 g/mol. The highest BCUT2D eigenvalue weighted by molar-refractivity contribution is 6.32. The van der Waals surface area contributed by atoms with Gasteiger partial charge in [0.15, 0.2) is 11.5 Å². The molecule has 4 aromatic rings. The van der Waals surface area contributed by atoms with E-state index in [1.165, 1.54) is 12.7 Å². The van der Waals surface area contributed by atoms with Crippen molar-refractivity contribution in [2.75, 3.05) is 21.2 Å². The predicted octanol–water partition coefficient (Wildman–Crippen LogP) is 5.80. The quantitative estimate of drug-likeness (QED) is 0.446. The van der Waals surface area contributed by atoms with Crippen LogP contribution in [0.3, 0.4) is 0 Å². The molecule has 0 aliphatic rings. The third-order valence-corrected chi connectivity index (χ3v) is 5.29. The molecule has 0 saturated heterocycles. The number of ether oxygens (including phenoxy) is 1. The Morgan fingerprint density at radius 3 is 2.43 bits per heavy atom. The summed E-state index contributed by atoms with van der Waals surface area (Å²) in [4.78, 5) is 6.61. The van der Waals surface area contributed by atoms with Gasteiger partial charge in [0, 0.05) is 29.8 Å². The van der Waals surface area contributed by atoms with Crippen LogP contribution in [0.25, 0.3) is 33.2 Å². The Morgan fingerprint density at radius 1 is 1.00 bits per heavy atom. The number of rotatable bonds is 5. The minimum Gasteiger partial charge on any atom is -0.503 e. The van der Waals surface area contributed by atoms with E-state index in [1.54, 1.807) is 18.3 Å². The second-order valence-corrected chi connectivity index (χ2v) is 7.86. The molecule has 0 fully saturated rings. The first-order valence-corrected chi connectivity index (χ1v) is 9.95. The van der Waals surface area contributed by atoms with Gasteiger partial charge in [-0.1, -0.05) is 41.9 Å². The highest BCUT2D eigenvalue weighted by Crippen LogP contribution is 2.40. The molecule has 0 bridgehead atoms. The molecule has 1 heterocycles. The largest absolute Gasteiger partial charge is 0.503 e. The lowest BCUT2D eigenvalue weighted by Crippen LogP contribution is -2.10. The van der Waals surface area contributed by atoms with Gasteiger partial charge >= 0.3 is 0 Å². The molecule has 0 saturated carbocycles. The Balaban J connectivity index is 1.81. The summed E-state index contributed by atoms with van der Waals surface area (Å²) in [7, 11) is 5.63. The standard InChI is InChI=1S/C25H22ClN2O2/c1-28(2)15-16-4-6-17(7-5-16)18-8-9-23-21(12-18)20(10-11-27-23)19-13-22(26)25(29)24(14-19)30-3/h4-9,11-14,29H,15H2,1-3H3. The van der Waals surface area contributed by atoms with Crippen molar-refractivity contribution in [1.82, 2.24) is 9.88 Å². The normalized spacial score (nSPS) is 11.2. The van der Waals surface area contributed by atoms with Crippen molar-refractivity contribution >= 4 is 22.5 Å². The summed E-state index contributed by atoms with van der Waals surface area (Å²) in [5.74, 6) is 0.253. The lowest BCUT2D eigenvalue weighted by Gasteiger charge is -2.12. The van der Waals surface area contributed by atoms with E-state index < -0.39 is 0 Å². The number of halogens is 1. The monoisotopic (exact) mass is 417 g/mol. The van der Waals surface area contributed by atoms with Crippen molar-refractivity contribution in [3.8, 4) is 33.8 Å². The third-order valence-electron chi connectivity index (χ3n) is 5.00. The average Bonchev–Trinajstić information content (AvgIpc) is 2.75. The van der Waals surface area contributed by atoms with E-state index in [9.17, 15) is 5.11 Å². The maximum atomic E-state index is 10.1. The van der Waals surface area contributed by atoms with E-state index in [-0.39, 0.29) is 10.8 Å². The van der Waals surface area contributed by atoms with Crippen molar-refractivity contribution in [2.24, 2.45) is 0 Å². The lowest BCUT2D eigenvalue weighted by molar-refractivity contribution is 0.374. The SMILES string of the molecule is COc1cc(-c2[c]cnc3ccc(-c4ccc(CN(C)C)cc4)cc23)cc(Cl)c1O. The molecule has 1 radical (unpaired) electrons. The third kappa shape index (κ3) is 3.97. The van der Waals surface area contributed by atoms with Crippen LogP contribution in [0.2, 0.25) is 5.02 Å². The van der Waals surface area contributed by atoms with Gasteiger partial charge in [-0.05, 0) is 60.6 Å². The molecular formula is C25H22ClN2O2. The summed E-state index contributed by atoms with van der Waals surface area (Å²) in [6, 6.07) is 21.5. The number of benzene rings is 3. The maximum absolute atomic E-state index is 10.1. The number of hydrogen-bond donors (Lipinski definition) is 1. The molecule has 0 aliphatic heterocycles. The van der Waals surface area contributed by atoms with Crippen LogP contribution in [-0.4, -0.2) is 36.2 Å². The number of phenols is 1. The van der Waals surface area contributed by atoms with Gasteiger partial charge < -0.3 is 14.7 Å². The van der Waals surface area contributed by atoms with E-state index in [0.29, 0.717) is 5.75 Å². The van der Waals surface area contributed by atoms with Crippen LogP contribution in [0.15, 0.2) is 60.8 Å². The fourth-order valence-corrected chi connectivity index (χ4v) is 3.76. The van der Waals surface area contributed by atoms with E-state index in [1.807, 2.05) is 6.07 Å². The molecule has 0 spiro atoms. The molecule has 4 rings (SSSR count). The Bertz CT molecular complexity index is 1200. The smallest absolute Gasteiger partial charge is 0.176 e. The average molecular weight is 418 g/mol. The van der Waals surface area contributed by atoms with Crippen LogP contribution in [0.1, 0.15) is 5.56 Å². The van der Waals surface area contributed by atoms with E-state index in [0.717, 1.165) is 39.7 Å². The number of aromatic nitrogens is 1. The topological polar surface area (TPSA) is 45.6 Å². The van der Waals surface area contributed by atoms with Gasteiger partial charge in [0.05, 0.1) is 17.6 Å². The Kier molecular flexibility index (Phi) is 5.62. The molecule has 1 aromatic heterocycles. The van der Waals surface area contributed by atoms with Crippen molar-refractivity contribution < 1.29 is 9.84 Å². The van der Waals surface area contributed by atoms with Crippen molar-refractivity contribution in [3.05, 3.63) is 77.4 Å². The fourth-order valence-electron chi connectivity index (χ4n) is 3.55. The molecule has 30 heavy (non-hydrogen) atoms. The number of methoxy groups -OCH3 is 1. The first kappa shape index (κ1) is 20.2. The minimum atomic E-state index is -0.0696. The van der Waals surface area contributed by atoms with Crippen LogP contribution in [-0.2, 0) is 6.54 Å². The summed E-state index contributed by atoms with van der Waals surface area (Å²) < 4.78 is 5.26. The molecule has 5 heteroatoms. The number of nitrogens with zero attached hydrogens (tertiary/aromatic N) is 2. The zero-order chi connectivity index (χ0) is 21.3. The molecule has 0 amide bonds. The zero-order valence-electron chi connectivity index (χ0n) is 17.1.